The van der Waals surface area contributed by atoms with Gasteiger partial charge in [0.05, 0.1) is 11.9 Å². The van der Waals surface area contributed by atoms with Gasteiger partial charge in [0.1, 0.15) is 5.82 Å². The van der Waals surface area contributed by atoms with Crippen molar-refractivity contribution < 1.29 is 4.79 Å². The summed E-state index contributed by atoms with van der Waals surface area (Å²) < 4.78 is 0. The predicted octanol–water partition coefficient (Wildman–Crippen LogP) is 1.73. The van der Waals surface area contributed by atoms with E-state index in [-0.39, 0.29) is 0 Å². The molecule has 64 valence electrons. The molecule has 0 radical (unpaired) electrons. The summed E-state index contributed by atoms with van der Waals surface area (Å²) in [7, 11) is 0. The van der Waals surface area contributed by atoms with Gasteiger partial charge in [0.15, 0.2) is 6.29 Å². The summed E-state index contributed by atoms with van der Waals surface area (Å²) in [6.07, 6.45) is 5.13. The number of aldehydes is 1. The molecular weight excluding hydrogens is 152 g/mol. The van der Waals surface area contributed by atoms with Crippen LogP contribution in [-0.4, -0.2) is 16.3 Å². The maximum atomic E-state index is 10.3. The molecule has 12 heavy (non-hydrogen) atoms. The number of nitrogens with one attached hydrogen (secondary N) is 1. The van der Waals surface area contributed by atoms with Crippen LogP contribution in [0.25, 0.3) is 0 Å². The van der Waals surface area contributed by atoms with Gasteiger partial charge in [0.25, 0.3) is 0 Å². The lowest BCUT2D eigenvalue weighted by atomic mass is 10.2. The Morgan fingerprint density at radius 3 is 2.92 bits per heavy atom. The maximum Gasteiger partial charge on any atom is 0.167 e. The van der Waals surface area contributed by atoms with Crippen LogP contribution in [0.3, 0.4) is 0 Å². The third-order valence-corrected chi connectivity index (χ3v) is 1.48. The first-order chi connectivity index (χ1) is 5.72. The molecule has 1 N–H and O–H groups in total. The number of nitrogens with zero attached hydrogens (tertiary/aromatic N) is 1. The van der Waals surface area contributed by atoms with E-state index in [1.54, 1.807) is 6.20 Å². The fourth-order valence-corrected chi connectivity index (χ4v) is 0.843. The zero-order valence-corrected chi connectivity index (χ0v) is 7.29. The molecule has 3 heteroatoms. The van der Waals surface area contributed by atoms with Crippen LogP contribution >= 0.6 is 0 Å². The van der Waals surface area contributed by atoms with E-state index in [2.05, 4.69) is 16.0 Å². The second kappa shape index (κ2) is 3.85. The Hall–Kier alpha value is -1.38. The SMILES string of the molecule is CC(C)=CCc1ncc(C=O)[nH]1. The molecule has 0 spiro atoms. The maximum absolute atomic E-state index is 10.3. The molecule has 0 unspecified atom stereocenters. The van der Waals surface area contributed by atoms with E-state index < -0.39 is 0 Å². The molecule has 1 heterocycles. The van der Waals surface area contributed by atoms with E-state index in [1.807, 2.05) is 13.8 Å². The minimum atomic E-state index is 0.534. The zero-order valence-electron chi connectivity index (χ0n) is 7.29. The van der Waals surface area contributed by atoms with Gasteiger partial charge in [-0.15, -0.1) is 0 Å². The Morgan fingerprint density at radius 1 is 1.67 bits per heavy atom. The number of allylic oxidation sites excluding steroid dienone is 2. The van der Waals surface area contributed by atoms with Crippen molar-refractivity contribution in [2.45, 2.75) is 20.3 Å². The molecule has 1 rings (SSSR count). The second-order valence-corrected chi connectivity index (χ2v) is 2.89. The third kappa shape index (κ3) is 2.34. The van der Waals surface area contributed by atoms with Gasteiger partial charge in [-0.3, -0.25) is 4.79 Å². The number of hydrogen-bond donors (Lipinski definition) is 1. The van der Waals surface area contributed by atoms with E-state index in [0.29, 0.717) is 5.69 Å². The highest BCUT2D eigenvalue weighted by Crippen LogP contribution is 1.98. The van der Waals surface area contributed by atoms with Crippen molar-refractivity contribution in [3.63, 3.8) is 0 Å². The van der Waals surface area contributed by atoms with Gasteiger partial charge in [-0.2, -0.15) is 0 Å². The summed E-state index contributed by atoms with van der Waals surface area (Å²) in [5, 5.41) is 0. The van der Waals surface area contributed by atoms with Crippen LogP contribution in [0.1, 0.15) is 30.2 Å². The molecule has 0 aliphatic carbocycles. The minimum Gasteiger partial charge on any atom is -0.340 e. The molecule has 0 bridgehead atoms. The lowest BCUT2D eigenvalue weighted by Crippen LogP contribution is -1.85. The Kier molecular flexibility index (Phi) is 2.80. The van der Waals surface area contributed by atoms with Crippen molar-refractivity contribution in [3.05, 3.63) is 29.4 Å². The number of carbonyl (C=O) groups is 1. The molecule has 0 aliphatic heterocycles. The van der Waals surface area contributed by atoms with Crippen LogP contribution in [0, 0.1) is 0 Å². The second-order valence-electron chi connectivity index (χ2n) is 2.89. The fraction of sp³-hybridized carbons (Fsp3) is 0.333. The first-order valence-corrected chi connectivity index (χ1v) is 3.85. The Bertz CT molecular complexity index is 295. The quantitative estimate of drug-likeness (QED) is 0.546. The fourth-order valence-electron chi connectivity index (χ4n) is 0.843. The largest absolute Gasteiger partial charge is 0.340 e. The monoisotopic (exact) mass is 164 g/mol. The number of H-pyrrole nitrogens is 1. The number of imidazole rings is 1. The van der Waals surface area contributed by atoms with Crippen molar-refractivity contribution in [1.82, 2.24) is 9.97 Å². The molecule has 0 saturated heterocycles. The van der Waals surface area contributed by atoms with Gasteiger partial charge < -0.3 is 4.98 Å². The number of aromatic nitrogens is 2. The standard InChI is InChI=1S/C9H12N2O/c1-7(2)3-4-9-10-5-8(6-12)11-9/h3,5-6H,4H2,1-2H3,(H,10,11). The van der Waals surface area contributed by atoms with E-state index in [4.69, 9.17) is 0 Å². The van der Waals surface area contributed by atoms with Crippen LogP contribution in [0.5, 0.6) is 0 Å². The van der Waals surface area contributed by atoms with Crippen molar-refractivity contribution in [2.75, 3.05) is 0 Å². The van der Waals surface area contributed by atoms with Crippen LogP contribution in [0.15, 0.2) is 17.8 Å². The Labute approximate surface area is 71.5 Å². The van der Waals surface area contributed by atoms with Crippen LogP contribution in [0.2, 0.25) is 0 Å². The van der Waals surface area contributed by atoms with Gasteiger partial charge in [-0.25, -0.2) is 4.98 Å². The summed E-state index contributed by atoms with van der Waals surface area (Å²) in [5.41, 5.74) is 1.78. The molecule has 0 aliphatic rings. The first kappa shape index (κ1) is 8.71. The summed E-state index contributed by atoms with van der Waals surface area (Å²) in [4.78, 5) is 17.2. The molecule has 1 aromatic rings. The van der Waals surface area contributed by atoms with E-state index in [1.165, 1.54) is 5.57 Å². The molecule has 1 aromatic heterocycles. The lowest BCUT2D eigenvalue weighted by Gasteiger charge is -1.89. The van der Waals surface area contributed by atoms with Gasteiger partial charge >= 0.3 is 0 Å². The number of aromatic amines is 1. The Balaban J connectivity index is 2.64. The molecule has 0 fully saturated rings. The minimum absolute atomic E-state index is 0.534. The number of rotatable bonds is 3. The highest BCUT2D eigenvalue weighted by Gasteiger charge is 1.96. The van der Waals surface area contributed by atoms with Gasteiger partial charge in [-0.05, 0) is 13.8 Å². The van der Waals surface area contributed by atoms with Gasteiger partial charge in [0.2, 0.25) is 0 Å². The van der Waals surface area contributed by atoms with E-state index >= 15 is 0 Å². The van der Waals surface area contributed by atoms with Gasteiger partial charge in [0, 0.05) is 6.42 Å². The lowest BCUT2D eigenvalue weighted by molar-refractivity contribution is 0.111. The summed E-state index contributed by atoms with van der Waals surface area (Å²) in [6.45, 7) is 4.06. The first-order valence-electron chi connectivity index (χ1n) is 3.85. The van der Waals surface area contributed by atoms with Gasteiger partial charge in [-0.1, -0.05) is 11.6 Å². The molecular formula is C9H12N2O. The number of hydrogen-bond acceptors (Lipinski definition) is 2. The summed E-state index contributed by atoms with van der Waals surface area (Å²) in [5.74, 6) is 0.832. The van der Waals surface area contributed by atoms with Crippen molar-refractivity contribution in [1.29, 1.82) is 0 Å². The average Bonchev–Trinajstić information content (AvgIpc) is 2.48. The predicted molar refractivity (Wildman–Crippen MR) is 47.1 cm³/mol. The zero-order chi connectivity index (χ0) is 8.97. The number of carbonyl (C=O) groups excluding carboxylic acids is 1. The van der Waals surface area contributed by atoms with Crippen molar-refractivity contribution >= 4 is 6.29 Å². The average molecular weight is 164 g/mol. The van der Waals surface area contributed by atoms with Crippen LogP contribution in [0.4, 0.5) is 0 Å². The topological polar surface area (TPSA) is 45.8 Å². The highest BCUT2D eigenvalue weighted by atomic mass is 16.1. The van der Waals surface area contributed by atoms with Crippen LogP contribution < -0.4 is 0 Å². The van der Waals surface area contributed by atoms with Crippen LogP contribution in [-0.2, 0) is 6.42 Å². The molecule has 0 atom stereocenters. The van der Waals surface area contributed by atoms with E-state index in [9.17, 15) is 4.79 Å². The Morgan fingerprint density at radius 2 is 2.42 bits per heavy atom. The van der Waals surface area contributed by atoms with Crippen molar-refractivity contribution in [3.8, 4) is 0 Å². The summed E-state index contributed by atoms with van der Waals surface area (Å²) >= 11 is 0. The summed E-state index contributed by atoms with van der Waals surface area (Å²) in [6, 6.07) is 0. The molecule has 0 amide bonds. The smallest absolute Gasteiger partial charge is 0.167 e. The third-order valence-electron chi connectivity index (χ3n) is 1.48. The highest BCUT2D eigenvalue weighted by molar-refractivity contribution is 5.71. The molecule has 0 aromatic carbocycles. The molecule has 0 saturated carbocycles. The normalized spacial score (nSPS) is 9.50. The van der Waals surface area contributed by atoms with Crippen molar-refractivity contribution in [2.24, 2.45) is 0 Å². The van der Waals surface area contributed by atoms with E-state index in [0.717, 1.165) is 18.5 Å². The molecule has 3 nitrogen and oxygen atoms in total.